The molecule has 0 radical (unpaired) electrons. The maximum absolute atomic E-state index is 13.5. The van der Waals surface area contributed by atoms with Crippen LogP contribution in [-0.4, -0.2) is 82.2 Å². The lowest BCUT2D eigenvalue weighted by Crippen LogP contribution is -2.60. The number of benzene rings is 2. The van der Waals surface area contributed by atoms with Crippen molar-refractivity contribution in [1.82, 2.24) is 4.57 Å². The van der Waals surface area contributed by atoms with Crippen molar-refractivity contribution in [3.63, 3.8) is 0 Å². The molecule has 2 N–H and O–H groups in total. The van der Waals surface area contributed by atoms with Crippen LogP contribution in [0.3, 0.4) is 0 Å². The van der Waals surface area contributed by atoms with E-state index >= 15 is 0 Å². The predicted molar refractivity (Wildman–Crippen MR) is 172 cm³/mol. The van der Waals surface area contributed by atoms with Gasteiger partial charge in [0.2, 0.25) is 5.88 Å². The highest BCUT2D eigenvalue weighted by Gasteiger charge is 2.54. The number of rotatable bonds is 8. The number of fused-ring (bicyclic) bond motifs is 2. The number of aliphatic hydroxyl groups is 1. The molecule has 256 valence electrons. The third-order valence-electron chi connectivity index (χ3n) is 7.58. The summed E-state index contributed by atoms with van der Waals surface area (Å²) in [4.78, 5) is 66.6. The number of esters is 4. The molecular weight excluding hydrogens is 708 g/mol. The fourth-order valence-electron chi connectivity index (χ4n) is 5.85. The van der Waals surface area contributed by atoms with Crippen LogP contribution in [0.25, 0.3) is 16.5 Å². The molecule has 3 aromatic rings. The molecule has 1 saturated heterocycles. The first-order valence-corrected chi connectivity index (χ1v) is 15.8. The minimum Gasteiger partial charge on any atom is -0.494 e. The Morgan fingerprint density at radius 1 is 0.939 bits per heavy atom. The molecule has 0 spiro atoms. The molecule has 0 aliphatic carbocycles. The molecular formula is C34H31BrN2O12. The highest BCUT2D eigenvalue weighted by Crippen LogP contribution is 2.44. The van der Waals surface area contributed by atoms with E-state index in [0.717, 1.165) is 27.7 Å². The van der Waals surface area contributed by atoms with Crippen LogP contribution in [0.4, 0.5) is 0 Å². The number of hydrogen-bond donors (Lipinski definition) is 2. The van der Waals surface area contributed by atoms with E-state index in [-0.39, 0.29) is 24.2 Å². The number of aromatic nitrogens is 1. The lowest BCUT2D eigenvalue weighted by Gasteiger charge is -2.45. The van der Waals surface area contributed by atoms with Gasteiger partial charge in [-0.3, -0.25) is 28.5 Å². The fraction of sp³-hybridized carbons (Fsp3) is 0.353. The Bertz CT molecular complexity index is 2060. The number of carbonyl (C=O) groups excluding carboxylic acids is 5. The van der Waals surface area contributed by atoms with Crippen molar-refractivity contribution >= 4 is 62.2 Å². The van der Waals surface area contributed by atoms with E-state index in [4.69, 9.17) is 28.8 Å². The molecule has 3 heterocycles. The fourth-order valence-corrected chi connectivity index (χ4v) is 6.21. The Balaban J connectivity index is 1.79. The molecule has 0 unspecified atom stereocenters. The quantitative estimate of drug-likeness (QED) is 0.193. The van der Waals surface area contributed by atoms with Crippen molar-refractivity contribution in [2.45, 2.75) is 64.8 Å². The number of nitrogens with zero attached hydrogens (tertiary/aromatic N) is 2. The van der Waals surface area contributed by atoms with Crippen LogP contribution in [0.1, 0.15) is 51.5 Å². The Morgan fingerprint density at radius 3 is 2.27 bits per heavy atom. The summed E-state index contributed by atoms with van der Waals surface area (Å²) in [7, 11) is 0. The van der Waals surface area contributed by atoms with Gasteiger partial charge in [0.1, 0.15) is 12.7 Å². The Hall–Kier alpha value is -5.04. The van der Waals surface area contributed by atoms with Crippen molar-refractivity contribution in [3.8, 4) is 17.7 Å². The van der Waals surface area contributed by atoms with Gasteiger partial charge in [-0.15, -0.1) is 0 Å². The summed E-state index contributed by atoms with van der Waals surface area (Å²) in [5.74, 6) is 1.50. The van der Waals surface area contributed by atoms with Gasteiger partial charge in [0.05, 0.1) is 28.6 Å². The lowest BCUT2D eigenvalue weighted by atomic mass is 9.97. The molecule has 15 heteroatoms. The third-order valence-corrected chi connectivity index (χ3v) is 8.07. The van der Waals surface area contributed by atoms with Crippen LogP contribution < -0.4 is 10.6 Å². The molecule has 1 fully saturated rings. The van der Waals surface area contributed by atoms with Gasteiger partial charge in [-0.1, -0.05) is 27.8 Å². The summed E-state index contributed by atoms with van der Waals surface area (Å²) >= 11 is 3.45. The van der Waals surface area contributed by atoms with E-state index in [1.165, 1.54) is 4.57 Å². The number of ether oxygens (including phenoxy) is 5. The molecule has 2 aliphatic rings. The van der Waals surface area contributed by atoms with E-state index in [1.54, 1.807) is 36.4 Å². The molecule has 14 nitrogen and oxygen atoms in total. The summed E-state index contributed by atoms with van der Waals surface area (Å²) in [6, 6.07) is 9.90. The third kappa shape index (κ3) is 7.36. The molecule has 49 heavy (non-hydrogen) atoms. The van der Waals surface area contributed by atoms with Crippen molar-refractivity contribution in [3.05, 3.63) is 62.6 Å². The van der Waals surface area contributed by atoms with Gasteiger partial charge in [-0.05, 0) is 36.4 Å². The van der Waals surface area contributed by atoms with Crippen LogP contribution in [0.2, 0.25) is 0 Å². The zero-order valence-electron chi connectivity index (χ0n) is 26.7. The van der Waals surface area contributed by atoms with E-state index in [1.807, 2.05) is 0 Å². The smallest absolute Gasteiger partial charge is 0.303 e. The zero-order chi connectivity index (χ0) is 35.6. The summed E-state index contributed by atoms with van der Waals surface area (Å²) < 4.78 is 30.1. The van der Waals surface area contributed by atoms with Crippen molar-refractivity contribution in [1.29, 1.82) is 0 Å². The topological polar surface area (TPSA) is 189 Å². The highest BCUT2D eigenvalue weighted by molar-refractivity contribution is 9.10. The molecule has 5 rings (SSSR count). The van der Waals surface area contributed by atoms with Crippen molar-refractivity contribution in [2.24, 2.45) is 4.99 Å². The van der Waals surface area contributed by atoms with E-state index in [0.29, 0.717) is 31.5 Å². The van der Waals surface area contributed by atoms with E-state index in [9.17, 15) is 29.1 Å². The molecule has 1 amide bonds. The molecule has 1 aromatic heterocycles. The van der Waals surface area contributed by atoms with Gasteiger partial charge in [-0.2, -0.15) is 0 Å². The molecule has 2 aliphatic heterocycles. The van der Waals surface area contributed by atoms with Crippen LogP contribution in [0.15, 0.2) is 45.9 Å². The zero-order valence-corrected chi connectivity index (χ0v) is 28.3. The average Bonchev–Trinajstić information content (AvgIpc) is 3.48. The minimum atomic E-state index is -1.54. The van der Waals surface area contributed by atoms with Gasteiger partial charge in [0, 0.05) is 54.8 Å². The highest BCUT2D eigenvalue weighted by atomic mass is 79.9. The van der Waals surface area contributed by atoms with Crippen LogP contribution in [0.5, 0.6) is 5.88 Å². The first-order chi connectivity index (χ1) is 23.3. The second kappa shape index (κ2) is 14.6. The Morgan fingerprint density at radius 2 is 1.61 bits per heavy atom. The number of carbonyl (C=O) groups is 5. The Kier molecular flexibility index (Phi) is 10.5. The molecule has 5 atom stereocenters. The number of halogens is 1. The standard InChI is InChI=1S/C34H31BrN2O12/c1-16(39)45-15-26-29(46-17(2)40)30(47-18(3)41)31(48-19(4)42)34(49-26)37-25-11-9-21(35)14-23(25)28(33(37)44)27-22-13-20(7-5-6-12-38)8-10-24(22)36-32(27)43/h8-11,13-14,26,29-31,34,38,44H,6,12,15H2,1-4H3/t26-,29-,30+,31-,34-/m1/s1. The van der Waals surface area contributed by atoms with Crippen molar-refractivity contribution < 1.29 is 57.9 Å². The predicted octanol–water partition coefficient (Wildman–Crippen LogP) is 1.46. The Labute approximate surface area is 287 Å². The average molecular weight is 740 g/mol. The number of aromatic hydroxyl groups is 1. The summed E-state index contributed by atoms with van der Waals surface area (Å²) in [5.41, 5.74) is 0.950. The minimum absolute atomic E-state index is 0.0470. The summed E-state index contributed by atoms with van der Waals surface area (Å²) in [5, 5.41) is 22.3. The normalized spacial score (nSPS) is 21.2. The lowest BCUT2D eigenvalue weighted by molar-refractivity contribution is -0.268. The van der Waals surface area contributed by atoms with Crippen LogP contribution in [-0.2, 0) is 47.7 Å². The summed E-state index contributed by atoms with van der Waals surface area (Å²) in [6.45, 7) is 3.88. The maximum atomic E-state index is 13.5. The number of hydrogen-bond acceptors (Lipinski definition) is 12. The van der Waals surface area contributed by atoms with Gasteiger partial charge < -0.3 is 33.9 Å². The molecule has 0 bridgehead atoms. The van der Waals surface area contributed by atoms with Gasteiger partial charge in [0.25, 0.3) is 5.91 Å². The second-order valence-corrected chi connectivity index (χ2v) is 12.0. The maximum Gasteiger partial charge on any atom is 0.303 e. The van der Waals surface area contributed by atoms with Crippen LogP contribution >= 0.6 is 15.9 Å². The van der Waals surface area contributed by atoms with Crippen molar-refractivity contribution in [2.75, 3.05) is 13.2 Å². The monoisotopic (exact) mass is 738 g/mol. The largest absolute Gasteiger partial charge is 0.494 e. The van der Waals surface area contributed by atoms with Gasteiger partial charge >= 0.3 is 23.9 Å². The summed E-state index contributed by atoms with van der Waals surface area (Å²) in [6.07, 6.45) is -7.00. The number of aliphatic hydroxyl groups excluding tert-OH is 1. The first kappa shape index (κ1) is 35.3. The second-order valence-electron chi connectivity index (χ2n) is 11.1. The van der Waals surface area contributed by atoms with Crippen LogP contribution in [0, 0.1) is 11.8 Å². The van der Waals surface area contributed by atoms with Gasteiger partial charge in [-0.25, -0.2) is 4.99 Å². The van der Waals surface area contributed by atoms with Gasteiger partial charge in [0.15, 0.2) is 24.5 Å². The van der Waals surface area contributed by atoms with E-state index in [2.05, 4.69) is 32.8 Å². The number of amides is 1. The molecule has 0 saturated carbocycles. The van der Waals surface area contributed by atoms with E-state index < -0.39 is 72.9 Å². The first-order valence-electron chi connectivity index (χ1n) is 15.0. The molecule has 2 aromatic carbocycles. The SMILES string of the molecule is CC(=O)OC[C@H]1O[C@@H](n2c(O)c(C3=c4cc(C#CCCO)ccc4=NC3=O)c3cc(Br)ccc32)[C@H](OC(C)=O)[C@@H](OC(C)=O)[C@@H]1OC(C)=O.